The average molecular weight is 315 g/mol. The Balaban J connectivity index is 1.97. The number of hydrogen-bond donors (Lipinski definition) is 1. The van der Waals surface area contributed by atoms with Gasteiger partial charge in [0, 0.05) is 12.1 Å². The number of terminal acetylenes is 1. The number of rotatable bonds is 6. The van der Waals surface area contributed by atoms with Gasteiger partial charge in [-0.05, 0) is 36.5 Å². The highest BCUT2D eigenvalue weighted by Gasteiger charge is 2.22. The molecule has 4 heteroatoms. The van der Waals surface area contributed by atoms with E-state index >= 15 is 0 Å². The predicted octanol–water partition coefficient (Wildman–Crippen LogP) is 3.26. The number of amides is 1. The van der Waals surface area contributed by atoms with E-state index in [-0.39, 0.29) is 12.5 Å². The van der Waals surface area contributed by atoms with E-state index in [0.29, 0.717) is 28.9 Å². The highest BCUT2D eigenvalue weighted by molar-refractivity contribution is 5.94. The van der Waals surface area contributed by atoms with Crippen molar-refractivity contribution in [1.29, 1.82) is 0 Å². The van der Waals surface area contributed by atoms with Gasteiger partial charge in [0.05, 0.1) is 7.11 Å². The number of methoxy groups -OCH3 is 1. The second-order valence-electron chi connectivity index (χ2n) is 6.09. The van der Waals surface area contributed by atoms with Crippen LogP contribution in [0, 0.1) is 24.2 Å². The quantitative estimate of drug-likeness (QED) is 0.820. The normalized spacial score (nSPS) is 20.4. The minimum atomic E-state index is -0.0791. The van der Waals surface area contributed by atoms with Crippen LogP contribution in [-0.2, 0) is 0 Å². The maximum Gasteiger partial charge on any atom is 0.251 e. The lowest BCUT2D eigenvalue weighted by molar-refractivity contribution is 0.0936. The number of carbonyl (C=O) groups is 1. The molecule has 0 bridgehead atoms. The highest BCUT2D eigenvalue weighted by atomic mass is 16.5. The number of carbonyl (C=O) groups excluding carboxylic acids is 1. The second kappa shape index (κ2) is 8.47. The van der Waals surface area contributed by atoms with Crippen LogP contribution in [-0.4, -0.2) is 26.2 Å². The molecule has 124 valence electrons. The minimum absolute atomic E-state index is 0.0791. The van der Waals surface area contributed by atoms with Gasteiger partial charge in [-0.2, -0.15) is 0 Å². The summed E-state index contributed by atoms with van der Waals surface area (Å²) in [6.07, 6.45) is 10.2. The first kappa shape index (κ1) is 17.2. The molecule has 2 atom stereocenters. The molecule has 0 aliphatic heterocycles. The third kappa shape index (κ3) is 4.66. The largest absolute Gasteiger partial charge is 0.493 e. The smallest absolute Gasteiger partial charge is 0.251 e. The van der Waals surface area contributed by atoms with Crippen molar-refractivity contribution >= 4 is 5.91 Å². The van der Waals surface area contributed by atoms with Crippen molar-refractivity contribution < 1.29 is 14.3 Å². The van der Waals surface area contributed by atoms with Crippen molar-refractivity contribution in [3.63, 3.8) is 0 Å². The first-order chi connectivity index (χ1) is 11.2. The molecule has 0 saturated heterocycles. The third-order valence-electron chi connectivity index (χ3n) is 4.55. The molecule has 0 radical (unpaired) electrons. The van der Waals surface area contributed by atoms with E-state index < -0.39 is 0 Å². The number of hydrogen-bond acceptors (Lipinski definition) is 3. The van der Waals surface area contributed by atoms with Crippen LogP contribution in [0.15, 0.2) is 18.2 Å². The molecular formula is C19H25NO3. The summed E-state index contributed by atoms with van der Waals surface area (Å²) in [7, 11) is 1.55. The fourth-order valence-corrected chi connectivity index (χ4v) is 3.07. The molecule has 1 saturated carbocycles. The Labute approximate surface area is 138 Å². The molecule has 1 aliphatic carbocycles. The molecule has 1 aromatic rings. The van der Waals surface area contributed by atoms with Gasteiger partial charge in [-0.15, -0.1) is 6.42 Å². The topological polar surface area (TPSA) is 47.6 Å². The summed E-state index contributed by atoms with van der Waals surface area (Å²) in [5, 5.41) is 3.05. The molecule has 0 spiro atoms. The SMILES string of the molecule is C#CCOc1ccc(C(=O)NCC2CCCCC2C)cc1OC. The molecule has 1 aromatic carbocycles. The summed E-state index contributed by atoms with van der Waals surface area (Å²) in [6, 6.07) is 5.13. The van der Waals surface area contributed by atoms with Crippen LogP contribution in [0.25, 0.3) is 0 Å². The Kier molecular flexibility index (Phi) is 6.34. The van der Waals surface area contributed by atoms with Gasteiger partial charge in [-0.1, -0.05) is 32.1 Å². The maximum atomic E-state index is 12.3. The summed E-state index contributed by atoms with van der Waals surface area (Å²) >= 11 is 0. The molecule has 1 fully saturated rings. The lowest BCUT2D eigenvalue weighted by Gasteiger charge is -2.28. The van der Waals surface area contributed by atoms with Crippen LogP contribution >= 0.6 is 0 Å². The summed E-state index contributed by atoms with van der Waals surface area (Å²) in [5.74, 6) is 4.64. The standard InChI is InChI=1S/C19H25NO3/c1-4-11-23-17-10-9-15(12-18(17)22-3)19(21)20-13-16-8-6-5-7-14(16)2/h1,9-10,12,14,16H,5-8,11,13H2,2-3H3,(H,20,21). The van der Waals surface area contributed by atoms with E-state index in [1.165, 1.54) is 25.7 Å². The van der Waals surface area contributed by atoms with E-state index in [1.807, 2.05) is 0 Å². The Hall–Kier alpha value is -2.15. The van der Waals surface area contributed by atoms with Gasteiger partial charge in [0.2, 0.25) is 0 Å². The molecule has 1 N–H and O–H groups in total. The summed E-state index contributed by atoms with van der Waals surface area (Å²) in [6.45, 7) is 3.18. The number of ether oxygens (including phenoxy) is 2. The maximum absolute atomic E-state index is 12.3. The number of nitrogens with one attached hydrogen (secondary N) is 1. The second-order valence-corrected chi connectivity index (χ2v) is 6.09. The zero-order chi connectivity index (χ0) is 16.7. The van der Waals surface area contributed by atoms with Crippen LogP contribution < -0.4 is 14.8 Å². The fourth-order valence-electron chi connectivity index (χ4n) is 3.07. The number of benzene rings is 1. The average Bonchev–Trinajstić information content (AvgIpc) is 2.58. The molecule has 2 rings (SSSR count). The minimum Gasteiger partial charge on any atom is -0.493 e. The molecule has 2 unspecified atom stereocenters. The molecule has 0 aromatic heterocycles. The van der Waals surface area contributed by atoms with Crippen molar-refractivity contribution in [2.24, 2.45) is 11.8 Å². The molecule has 23 heavy (non-hydrogen) atoms. The Bertz CT molecular complexity index is 576. The van der Waals surface area contributed by atoms with Gasteiger partial charge in [-0.3, -0.25) is 4.79 Å². The highest BCUT2D eigenvalue weighted by Crippen LogP contribution is 2.30. The van der Waals surface area contributed by atoms with Crippen LogP contribution in [0.3, 0.4) is 0 Å². The van der Waals surface area contributed by atoms with Gasteiger partial charge in [-0.25, -0.2) is 0 Å². The van der Waals surface area contributed by atoms with E-state index in [1.54, 1.807) is 25.3 Å². The van der Waals surface area contributed by atoms with Crippen molar-refractivity contribution in [3.05, 3.63) is 23.8 Å². The molecule has 1 aliphatic rings. The Morgan fingerprint density at radius 2 is 2.13 bits per heavy atom. The van der Waals surface area contributed by atoms with Crippen molar-refractivity contribution in [3.8, 4) is 23.8 Å². The van der Waals surface area contributed by atoms with Crippen LogP contribution in [0.4, 0.5) is 0 Å². The lowest BCUT2D eigenvalue weighted by Crippen LogP contribution is -2.33. The summed E-state index contributed by atoms with van der Waals surface area (Å²) < 4.78 is 10.7. The Morgan fingerprint density at radius 1 is 1.35 bits per heavy atom. The zero-order valence-electron chi connectivity index (χ0n) is 13.9. The Morgan fingerprint density at radius 3 is 2.83 bits per heavy atom. The van der Waals surface area contributed by atoms with Gasteiger partial charge < -0.3 is 14.8 Å². The molecular weight excluding hydrogens is 290 g/mol. The van der Waals surface area contributed by atoms with Gasteiger partial charge in [0.1, 0.15) is 6.61 Å². The fraction of sp³-hybridized carbons (Fsp3) is 0.526. The van der Waals surface area contributed by atoms with Gasteiger partial charge >= 0.3 is 0 Å². The van der Waals surface area contributed by atoms with E-state index in [9.17, 15) is 4.79 Å². The van der Waals surface area contributed by atoms with Crippen molar-refractivity contribution in [2.75, 3.05) is 20.3 Å². The van der Waals surface area contributed by atoms with E-state index in [4.69, 9.17) is 15.9 Å². The first-order valence-corrected chi connectivity index (χ1v) is 8.18. The summed E-state index contributed by atoms with van der Waals surface area (Å²) in [4.78, 5) is 12.3. The van der Waals surface area contributed by atoms with Crippen LogP contribution in [0.2, 0.25) is 0 Å². The zero-order valence-corrected chi connectivity index (χ0v) is 13.9. The van der Waals surface area contributed by atoms with E-state index in [0.717, 1.165) is 6.54 Å². The monoisotopic (exact) mass is 315 g/mol. The molecule has 1 amide bonds. The van der Waals surface area contributed by atoms with Crippen molar-refractivity contribution in [1.82, 2.24) is 5.32 Å². The molecule has 0 heterocycles. The van der Waals surface area contributed by atoms with Gasteiger partial charge in [0.15, 0.2) is 11.5 Å². The first-order valence-electron chi connectivity index (χ1n) is 8.18. The van der Waals surface area contributed by atoms with Crippen LogP contribution in [0.1, 0.15) is 43.0 Å². The summed E-state index contributed by atoms with van der Waals surface area (Å²) in [5.41, 5.74) is 0.568. The van der Waals surface area contributed by atoms with Gasteiger partial charge in [0.25, 0.3) is 5.91 Å². The van der Waals surface area contributed by atoms with Crippen LogP contribution in [0.5, 0.6) is 11.5 Å². The lowest BCUT2D eigenvalue weighted by atomic mass is 9.80. The third-order valence-corrected chi connectivity index (χ3v) is 4.55. The molecule has 4 nitrogen and oxygen atoms in total. The van der Waals surface area contributed by atoms with Crippen molar-refractivity contribution in [2.45, 2.75) is 32.6 Å². The van der Waals surface area contributed by atoms with E-state index in [2.05, 4.69) is 18.2 Å². The predicted molar refractivity (Wildman–Crippen MR) is 90.8 cm³/mol.